The van der Waals surface area contributed by atoms with Gasteiger partial charge >= 0.3 is 0 Å². The highest BCUT2D eigenvalue weighted by molar-refractivity contribution is 9.09. The van der Waals surface area contributed by atoms with Crippen LogP contribution in [0.4, 0.5) is 0 Å². The fourth-order valence-corrected chi connectivity index (χ4v) is 1.65. The Kier molecular flexibility index (Phi) is 4.62. The molecule has 0 aromatic heterocycles. The fraction of sp³-hybridized carbons (Fsp3) is 0.364. The standard InChI is InChI=1S/C11H13BrO3/c1-14-10-4-3-8(5-9(12)7-13)6-11(10)15-2/h3-4,6-7,9H,5H2,1-2H3. The smallest absolute Gasteiger partial charge is 0.160 e. The summed E-state index contributed by atoms with van der Waals surface area (Å²) in [5.41, 5.74) is 1.03. The molecule has 0 aliphatic rings. The third-order valence-electron chi connectivity index (χ3n) is 2.03. The maximum absolute atomic E-state index is 10.5. The first-order chi connectivity index (χ1) is 7.21. The normalized spacial score (nSPS) is 11.9. The summed E-state index contributed by atoms with van der Waals surface area (Å²) in [6.45, 7) is 0. The molecule has 82 valence electrons. The van der Waals surface area contributed by atoms with Crippen molar-refractivity contribution in [2.24, 2.45) is 0 Å². The lowest BCUT2D eigenvalue weighted by molar-refractivity contribution is -0.107. The van der Waals surface area contributed by atoms with E-state index in [0.717, 1.165) is 11.8 Å². The first-order valence-corrected chi connectivity index (χ1v) is 5.43. The van der Waals surface area contributed by atoms with Gasteiger partial charge in [-0.25, -0.2) is 0 Å². The van der Waals surface area contributed by atoms with E-state index in [2.05, 4.69) is 15.9 Å². The molecular formula is C11H13BrO3. The molecule has 1 rings (SSSR count). The summed E-state index contributed by atoms with van der Waals surface area (Å²) in [7, 11) is 3.18. The van der Waals surface area contributed by atoms with E-state index >= 15 is 0 Å². The summed E-state index contributed by atoms with van der Waals surface area (Å²) in [6.07, 6.45) is 1.51. The van der Waals surface area contributed by atoms with E-state index in [1.165, 1.54) is 0 Å². The van der Waals surface area contributed by atoms with Gasteiger partial charge in [0.25, 0.3) is 0 Å². The van der Waals surface area contributed by atoms with Crippen molar-refractivity contribution in [2.75, 3.05) is 14.2 Å². The minimum atomic E-state index is -0.157. The van der Waals surface area contributed by atoms with Crippen LogP contribution in [-0.2, 0) is 11.2 Å². The summed E-state index contributed by atoms with van der Waals surface area (Å²) in [6, 6.07) is 5.62. The van der Waals surface area contributed by atoms with Crippen molar-refractivity contribution < 1.29 is 14.3 Å². The summed E-state index contributed by atoms with van der Waals surface area (Å²) < 4.78 is 10.3. The molecule has 4 heteroatoms. The molecule has 0 saturated heterocycles. The molecular weight excluding hydrogens is 260 g/mol. The SMILES string of the molecule is COc1ccc(CC(Br)C=O)cc1OC. The number of halogens is 1. The van der Waals surface area contributed by atoms with Gasteiger partial charge in [0.15, 0.2) is 11.5 Å². The van der Waals surface area contributed by atoms with Crippen LogP contribution in [0.25, 0.3) is 0 Å². The van der Waals surface area contributed by atoms with Crippen LogP contribution in [0.15, 0.2) is 18.2 Å². The van der Waals surface area contributed by atoms with Crippen molar-refractivity contribution in [2.45, 2.75) is 11.2 Å². The molecule has 0 aliphatic carbocycles. The molecule has 0 radical (unpaired) electrons. The predicted octanol–water partition coefficient (Wildman–Crippen LogP) is 2.21. The Labute approximate surface area is 97.5 Å². The molecule has 3 nitrogen and oxygen atoms in total. The van der Waals surface area contributed by atoms with Gasteiger partial charge in [-0.05, 0) is 24.1 Å². The van der Waals surface area contributed by atoms with E-state index in [1.54, 1.807) is 14.2 Å². The van der Waals surface area contributed by atoms with Crippen molar-refractivity contribution in [1.82, 2.24) is 0 Å². The average molecular weight is 273 g/mol. The quantitative estimate of drug-likeness (QED) is 0.609. The maximum atomic E-state index is 10.5. The van der Waals surface area contributed by atoms with Crippen LogP contribution < -0.4 is 9.47 Å². The minimum absolute atomic E-state index is 0.157. The highest BCUT2D eigenvalue weighted by Gasteiger charge is 2.07. The number of ether oxygens (including phenoxy) is 2. The molecule has 0 aliphatic heterocycles. The molecule has 0 amide bonds. The van der Waals surface area contributed by atoms with Gasteiger partial charge in [-0.3, -0.25) is 0 Å². The molecule has 0 spiro atoms. The molecule has 0 bridgehead atoms. The van der Waals surface area contributed by atoms with Gasteiger partial charge in [-0.15, -0.1) is 0 Å². The zero-order valence-electron chi connectivity index (χ0n) is 8.70. The van der Waals surface area contributed by atoms with Gasteiger partial charge in [0.05, 0.1) is 19.0 Å². The van der Waals surface area contributed by atoms with Gasteiger partial charge in [0, 0.05) is 0 Å². The average Bonchev–Trinajstić information content (AvgIpc) is 2.28. The zero-order chi connectivity index (χ0) is 11.3. The third kappa shape index (κ3) is 3.23. The number of benzene rings is 1. The summed E-state index contributed by atoms with van der Waals surface area (Å²) in [5, 5.41) is 0. The van der Waals surface area contributed by atoms with Crippen molar-refractivity contribution in [3.8, 4) is 11.5 Å². The number of rotatable bonds is 5. The highest BCUT2D eigenvalue weighted by Crippen LogP contribution is 2.28. The molecule has 0 fully saturated rings. The number of hydrogen-bond donors (Lipinski definition) is 0. The lowest BCUT2D eigenvalue weighted by Crippen LogP contribution is -2.04. The summed E-state index contributed by atoms with van der Waals surface area (Å²) in [4.78, 5) is 10.3. The van der Waals surface area contributed by atoms with Crippen molar-refractivity contribution >= 4 is 22.2 Å². The molecule has 1 unspecified atom stereocenters. The van der Waals surface area contributed by atoms with Crippen LogP contribution in [0.3, 0.4) is 0 Å². The molecule has 1 atom stereocenters. The van der Waals surface area contributed by atoms with E-state index in [1.807, 2.05) is 18.2 Å². The Morgan fingerprint density at radius 1 is 1.33 bits per heavy atom. The van der Waals surface area contributed by atoms with E-state index in [0.29, 0.717) is 17.9 Å². The van der Waals surface area contributed by atoms with Gasteiger partial charge in [0.2, 0.25) is 0 Å². The molecule has 1 aromatic carbocycles. The largest absolute Gasteiger partial charge is 0.493 e. The Balaban J connectivity index is 2.87. The second kappa shape index (κ2) is 5.75. The molecule has 1 aromatic rings. The number of alkyl halides is 1. The van der Waals surface area contributed by atoms with Gasteiger partial charge in [-0.2, -0.15) is 0 Å². The first kappa shape index (κ1) is 12.0. The van der Waals surface area contributed by atoms with Crippen LogP contribution in [0.1, 0.15) is 5.56 Å². The maximum Gasteiger partial charge on any atom is 0.160 e. The monoisotopic (exact) mass is 272 g/mol. The number of hydrogen-bond acceptors (Lipinski definition) is 3. The second-order valence-corrected chi connectivity index (χ2v) is 4.22. The van der Waals surface area contributed by atoms with Crippen LogP contribution in [0.2, 0.25) is 0 Å². The minimum Gasteiger partial charge on any atom is -0.493 e. The van der Waals surface area contributed by atoms with E-state index in [-0.39, 0.29) is 4.83 Å². The van der Waals surface area contributed by atoms with Crippen LogP contribution in [0, 0.1) is 0 Å². The zero-order valence-corrected chi connectivity index (χ0v) is 10.3. The van der Waals surface area contributed by atoms with Gasteiger partial charge in [0.1, 0.15) is 6.29 Å². The van der Waals surface area contributed by atoms with E-state index in [4.69, 9.17) is 9.47 Å². The first-order valence-electron chi connectivity index (χ1n) is 4.51. The number of methoxy groups -OCH3 is 2. The molecule has 0 heterocycles. The number of aldehydes is 1. The Morgan fingerprint density at radius 2 is 2.00 bits per heavy atom. The van der Waals surface area contributed by atoms with Crippen LogP contribution in [0.5, 0.6) is 11.5 Å². The lowest BCUT2D eigenvalue weighted by atomic mass is 10.1. The van der Waals surface area contributed by atoms with E-state index in [9.17, 15) is 4.79 Å². The van der Waals surface area contributed by atoms with Crippen LogP contribution >= 0.6 is 15.9 Å². The number of carbonyl (C=O) groups excluding carboxylic acids is 1. The Bertz CT molecular complexity index is 339. The van der Waals surface area contributed by atoms with Crippen molar-refractivity contribution in [3.63, 3.8) is 0 Å². The topological polar surface area (TPSA) is 35.5 Å². The van der Waals surface area contributed by atoms with Gasteiger partial charge < -0.3 is 14.3 Å². The lowest BCUT2D eigenvalue weighted by Gasteiger charge is -2.09. The van der Waals surface area contributed by atoms with Crippen molar-refractivity contribution in [1.29, 1.82) is 0 Å². The summed E-state index contributed by atoms with van der Waals surface area (Å²) >= 11 is 3.26. The van der Waals surface area contributed by atoms with Gasteiger partial charge in [-0.1, -0.05) is 22.0 Å². The van der Waals surface area contributed by atoms with E-state index < -0.39 is 0 Å². The third-order valence-corrected chi connectivity index (χ3v) is 2.57. The Hall–Kier alpha value is -1.03. The Morgan fingerprint density at radius 3 is 2.53 bits per heavy atom. The number of carbonyl (C=O) groups is 1. The highest BCUT2D eigenvalue weighted by atomic mass is 79.9. The molecule has 0 saturated carbocycles. The summed E-state index contributed by atoms with van der Waals surface area (Å²) in [5.74, 6) is 1.37. The molecule has 0 N–H and O–H groups in total. The molecule has 15 heavy (non-hydrogen) atoms. The van der Waals surface area contributed by atoms with Crippen molar-refractivity contribution in [3.05, 3.63) is 23.8 Å². The van der Waals surface area contributed by atoms with Crippen LogP contribution in [-0.4, -0.2) is 25.3 Å². The fourth-order valence-electron chi connectivity index (χ4n) is 1.28. The second-order valence-electron chi connectivity index (χ2n) is 3.05. The predicted molar refractivity (Wildman–Crippen MR) is 62.0 cm³/mol.